The van der Waals surface area contributed by atoms with E-state index in [1.807, 2.05) is 0 Å². The second-order valence-electron chi connectivity index (χ2n) is 6.02. The SMILES string of the molecule is CCN(c1cc(OC)c(OC)cc1C(=O)OC)S(=O)(=O)c1ccc(OC)c(C)c1. The second-order valence-corrected chi connectivity index (χ2v) is 7.88. The molecular weight excluding hydrogens is 398 g/mol. The topological polar surface area (TPSA) is 91.4 Å². The molecule has 0 fully saturated rings. The molecule has 0 aromatic heterocycles. The zero-order valence-corrected chi connectivity index (χ0v) is 18.1. The van der Waals surface area contributed by atoms with Crippen molar-refractivity contribution >= 4 is 21.7 Å². The number of ether oxygens (including phenoxy) is 4. The number of aryl methyl sites for hydroxylation is 1. The predicted molar refractivity (Wildman–Crippen MR) is 109 cm³/mol. The van der Waals surface area contributed by atoms with Crippen molar-refractivity contribution in [3.63, 3.8) is 0 Å². The summed E-state index contributed by atoms with van der Waals surface area (Å²) in [6.07, 6.45) is 0. The van der Waals surface area contributed by atoms with Gasteiger partial charge in [0.2, 0.25) is 0 Å². The number of esters is 1. The van der Waals surface area contributed by atoms with Crippen LogP contribution in [0.25, 0.3) is 0 Å². The highest BCUT2D eigenvalue weighted by Gasteiger charge is 2.30. The smallest absolute Gasteiger partial charge is 0.340 e. The number of nitrogens with zero attached hydrogens (tertiary/aromatic N) is 1. The normalized spacial score (nSPS) is 11.0. The van der Waals surface area contributed by atoms with Crippen molar-refractivity contribution in [2.24, 2.45) is 0 Å². The van der Waals surface area contributed by atoms with E-state index < -0.39 is 16.0 Å². The lowest BCUT2D eigenvalue weighted by Crippen LogP contribution is -2.32. The molecule has 0 aliphatic rings. The van der Waals surface area contributed by atoms with E-state index in [1.165, 1.54) is 52.7 Å². The summed E-state index contributed by atoms with van der Waals surface area (Å²) in [7, 11) is 1.60. The van der Waals surface area contributed by atoms with Crippen LogP contribution in [0.2, 0.25) is 0 Å². The van der Waals surface area contributed by atoms with Crippen molar-refractivity contribution in [2.75, 3.05) is 39.3 Å². The van der Waals surface area contributed by atoms with Gasteiger partial charge in [-0.1, -0.05) is 0 Å². The van der Waals surface area contributed by atoms with E-state index in [2.05, 4.69) is 0 Å². The number of benzene rings is 2. The van der Waals surface area contributed by atoms with Crippen LogP contribution in [0.5, 0.6) is 17.2 Å². The third kappa shape index (κ3) is 4.24. The zero-order chi connectivity index (χ0) is 21.8. The molecule has 0 N–H and O–H groups in total. The molecule has 2 aromatic rings. The van der Waals surface area contributed by atoms with Gasteiger partial charge in [-0.2, -0.15) is 0 Å². The maximum atomic E-state index is 13.4. The van der Waals surface area contributed by atoms with Crippen molar-refractivity contribution in [1.82, 2.24) is 0 Å². The fraction of sp³-hybridized carbons (Fsp3) is 0.350. The fourth-order valence-corrected chi connectivity index (χ4v) is 4.53. The van der Waals surface area contributed by atoms with Gasteiger partial charge < -0.3 is 18.9 Å². The van der Waals surface area contributed by atoms with E-state index in [0.717, 1.165) is 4.31 Å². The summed E-state index contributed by atoms with van der Waals surface area (Å²) in [4.78, 5) is 12.4. The molecule has 158 valence electrons. The average Bonchev–Trinajstić information content (AvgIpc) is 2.72. The van der Waals surface area contributed by atoms with Crippen LogP contribution in [0.4, 0.5) is 5.69 Å². The van der Waals surface area contributed by atoms with Crippen molar-refractivity contribution in [2.45, 2.75) is 18.7 Å². The first-order chi connectivity index (χ1) is 13.7. The molecule has 2 rings (SSSR count). The maximum Gasteiger partial charge on any atom is 0.340 e. The molecule has 0 heterocycles. The molecule has 0 aliphatic heterocycles. The van der Waals surface area contributed by atoms with E-state index in [-0.39, 0.29) is 34.2 Å². The van der Waals surface area contributed by atoms with Crippen LogP contribution in [0.1, 0.15) is 22.8 Å². The molecule has 0 saturated carbocycles. The highest BCUT2D eigenvalue weighted by atomic mass is 32.2. The molecule has 0 unspecified atom stereocenters. The Morgan fingerprint density at radius 2 is 1.52 bits per heavy atom. The molecule has 0 spiro atoms. The van der Waals surface area contributed by atoms with E-state index >= 15 is 0 Å². The largest absolute Gasteiger partial charge is 0.496 e. The highest BCUT2D eigenvalue weighted by molar-refractivity contribution is 7.92. The summed E-state index contributed by atoms with van der Waals surface area (Å²) in [5.41, 5.74) is 0.844. The number of hydrogen-bond acceptors (Lipinski definition) is 7. The summed E-state index contributed by atoms with van der Waals surface area (Å²) in [6, 6.07) is 7.42. The van der Waals surface area contributed by atoms with Crippen LogP contribution in [-0.4, -0.2) is 49.4 Å². The van der Waals surface area contributed by atoms with Crippen molar-refractivity contribution in [3.05, 3.63) is 41.5 Å². The van der Waals surface area contributed by atoms with E-state index in [4.69, 9.17) is 18.9 Å². The van der Waals surface area contributed by atoms with Gasteiger partial charge in [0.25, 0.3) is 10.0 Å². The molecule has 29 heavy (non-hydrogen) atoms. The summed E-state index contributed by atoms with van der Waals surface area (Å²) >= 11 is 0. The number of hydrogen-bond donors (Lipinski definition) is 0. The van der Waals surface area contributed by atoms with Crippen LogP contribution in [0.15, 0.2) is 35.2 Å². The summed E-state index contributed by atoms with van der Waals surface area (Å²) in [5.74, 6) is 0.453. The molecule has 0 amide bonds. The molecular formula is C20H25NO7S. The van der Waals surface area contributed by atoms with Crippen molar-refractivity contribution < 1.29 is 32.2 Å². The number of sulfonamides is 1. The molecule has 0 aliphatic carbocycles. The monoisotopic (exact) mass is 423 g/mol. The third-order valence-corrected chi connectivity index (χ3v) is 6.30. The lowest BCUT2D eigenvalue weighted by Gasteiger charge is -2.26. The Hall–Kier alpha value is -2.94. The fourth-order valence-electron chi connectivity index (χ4n) is 2.96. The number of carbonyl (C=O) groups is 1. The average molecular weight is 423 g/mol. The van der Waals surface area contributed by atoms with E-state index in [0.29, 0.717) is 11.3 Å². The Morgan fingerprint density at radius 3 is 2.00 bits per heavy atom. The summed E-state index contributed by atoms with van der Waals surface area (Å²) < 4.78 is 48.5. The Labute approximate surface area is 171 Å². The van der Waals surface area contributed by atoms with Gasteiger partial charge in [-0.15, -0.1) is 0 Å². The zero-order valence-electron chi connectivity index (χ0n) is 17.3. The third-order valence-electron chi connectivity index (χ3n) is 4.42. The minimum atomic E-state index is -3.99. The van der Waals surface area contributed by atoms with Gasteiger partial charge in [0.1, 0.15) is 5.75 Å². The number of rotatable bonds is 8. The van der Waals surface area contributed by atoms with Gasteiger partial charge in [-0.25, -0.2) is 13.2 Å². The molecule has 0 saturated heterocycles. The number of carbonyl (C=O) groups excluding carboxylic acids is 1. The van der Waals surface area contributed by atoms with Crippen LogP contribution < -0.4 is 18.5 Å². The van der Waals surface area contributed by atoms with Crippen LogP contribution >= 0.6 is 0 Å². The lowest BCUT2D eigenvalue weighted by atomic mass is 10.1. The second kappa shape index (κ2) is 9.04. The Bertz CT molecular complexity index is 1000. The van der Waals surface area contributed by atoms with Crippen LogP contribution in [0.3, 0.4) is 0 Å². The van der Waals surface area contributed by atoms with E-state index in [9.17, 15) is 13.2 Å². The van der Waals surface area contributed by atoms with Gasteiger partial charge in [0.15, 0.2) is 11.5 Å². The number of anilines is 1. The molecule has 9 heteroatoms. The highest BCUT2D eigenvalue weighted by Crippen LogP contribution is 2.38. The Kier molecular flexibility index (Phi) is 6.97. The minimum absolute atomic E-state index is 0.0424. The first kappa shape index (κ1) is 22.4. The molecule has 8 nitrogen and oxygen atoms in total. The van der Waals surface area contributed by atoms with Gasteiger partial charge in [-0.3, -0.25) is 4.31 Å². The molecule has 2 aromatic carbocycles. The Balaban J connectivity index is 2.71. The van der Waals surface area contributed by atoms with E-state index in [1.54, 1.807) is 19.9 Å². The minimum Gasteiger partial charge on any atom is -0.496 e. The van der Waals surface area contributed by atoms with Gasteiger partial charge in [0, 0.05) is 18.7 Å². The van der Waals surface area contributed by atoms with Crippen molar-refractivity contribution in [1.29, 1.82) is 0 Å². The first-order valence-corrected chi connectivity index (χ1v) is 10.2. The summed E-state index contributed by atoms with van der Waals surface area (Å²) in [6.45, 7) is 3.50. The van der Waals surface area contributed by atoms with Crippen molar-refractivity contribution in [3.8, 4) is 17.2 Å². The van der Waals surface area contributed by atoms with Crippen LogP contribution in [-0.2, 0) is 14.8 Å². The summed E-state index contributed by atoms with van der Waals surface area (Å²) in [5, 5.41) is 0. The van der Waals surface area contributed by atoms with Crippen LogP contribution in [0, 0.1) is 6.92 Å². The molecule has 0 atom stereocenters. The molecule has 0 bridgehead atoms. The maximum absolute atomic E-state index is 13.4. The lowest BCUT2D eigenvalue weighted by molar-refractivity contribution is 0.0601. The predicted octanol–water partition coefficient (Wildman–Crippen LogP) is 3.02. The Morgan fingerprint density at radius 1 is 0.931 bits per heavy atom. The molecule has 0 radical (unpaired) electrons. The first-order valence-electron chi connectivity index (χ1n) is 8.76. The van der Waals surface area contributed by atoms with Gasteiger partial charge in [-0.05, 0) is 37.6 Å². The quantitative estimate of drug-likeness (QED) is 0.603. The van der Waals surface area contributed by atoms with Gasteiger partial charge in [0.05, 0.1) is 44.6 Å². The number of methoxy groups -OCH3 is 4. The van der Waals surface area contributed by atoms with Gasteiger partial charge >= 0.3 is 5.97 Å². The standard InChI is InChI=1S/C20H25NO7S/c1-7-21(29(23,24)14-8-9-17(25-3)13(2)10-14)16-12-19(27-5)18(26-4)11-15(16)20(22)28-6/h8-12H,7H2,1-6H3.